The van der Waals surface area contributed by atoms with Gasteiger partial charge in [-0.1, -0.05) is 6.92 Å². The summed E-state index contributed by atoms with van der Waals surface area (Å²) in [7, 11) is 0. The normalized spacial score (nSPS) is 32.2. The Bertz CT molecular complexity index is 367. The zero-order valence-electron chi connectivity index (χ0n) is 14.5. The predicted molar refractivity (Wildman–Crippen MR) is 86.9 cm³/mol. The van der Waals surface area contributed by atoms with Crippen molar-refractivity contribution in [3.63, 3.8) is 0 Å². The molecule has 1 aliphatic carbocycles. The van der Waals surface area contributed by atoms with Crippen molar-refractivity contribution in [2.24, 2.45) is 5.92 Å². The van der Waals surface area contributed by atoms with Crippen molar-refractivity contribution in [2.75, 3.05) is 13.2 Å². The Morgan fingerprint density at radius 1 is 1.23 bits per heavy atom. The number of nitrogens with one attached hydrogen (secondary N) is 2. The summed E-state index contributed by atoms with van der Waals surface area (Å²) in [6.45, 7) is 9.79. The largest absolute Gasteiger partial charge is 0.444 e. The van der Waals surface area contributed by atoms with Crippen molar-refractivity contribution in [2.45, 2.75) is 83.6 Å². The summed E-state index contributed by atoms with van der Waals surface area (Å²) < 4.78 is 11.1. The first-order valence-electron chi connectivity index (χ1n) is 8.72. The van der Waals surface area contributed by atoms with Crippen molar-refractivity contribution < 1.29 is 14.3 Å². The molecule has 5 nitrogen and oxygen atoms in total. The molecule has 4 atom stereocenters. The fourth-order valence-electron chi connectivity index (χ4n) is 3.47. The standard InChI is InChI=1S/C17H32N2O3/c1-5-15-12(8-9-21-15)11-18-13-6-7-14(10-13)19-16(20)22-17(2,3)4/h12-15,18H,5-11H2,1-4H3,(H,19,20). The first-order valence-corrected chi connectivity index (χ1v) is 8.72. The SMILES string of the molecule is CCC1OCCC1CNC1CCC(NC(=O)OC(C)(C)C)C1. The second-order valence-electron chi connectivity index (χ2n) is 7.63. The molecule has 1 saturated carbocycles. The molecule has 0 aromatic carbocycles. The third-order valence-electron chi connectivity index (χ3n) is 4.57. The maximum atomic E-state index is 11.8. The third-order valence-corrected chi connectivity index (χ3v) is 4.57. The van der Waals surface area contributed by atoms with Crippen molar-refractivity contribution in [3.05, 3.63) is 0 Å². The first kappa shape index (κ1) is 17.5. The number of hydrogen-bond donors (Lipinski definition) is 2. The zero-order chi connectivity index (χ0) is 16.2. The molecule has 2 fully saturated rings. The Hall–Kier alpha value is -0.810. The highest BCUT2D eigenvalue weighted by Crippen LogP contribution is 2.24. The van der Waals surface area contributed by atoms with E-state index in [1.165, 1.54) is 0 Å². The summed E-state index contributed by atoms with van der Waals surface area (Å²) in [6, 6.07) is 0.729. The summed E-state index contributed by atoms with van der Waals surface area (Å²) in [5.41, 5.74) is -0.433. The topological polar surface area (TPSA) is 59.6 Å². The van der Waals surface area contributed by atoms with Gasteiger partial charge in [0.25, 0.3) is 0 Å². The van der Waals surface area contributed by atoms with Gasteiger partial charge in [-0.05, 0) is 58.8 Å². The van der Waals surface area contributed by atoms with Crippen LogP contribution in [-0.2, 0) is 9.47 Å². The van der Waals surface area contributed by atoms with Gasteiger partial charge in [0.15, 0.2) is 0 Å². The second kappa shape index (κ2) is 7.64. The maximum absolute atomic E-state index is 11.8. The van der Waals surface area contributed by atoms with Gasteiger partial charge < -0.3 is 20.1 Å². The number of hydrogen-bond acceptors (Lipinski definition) is 4. The van der Waals surface area contributed by atoms with Crippen LogP contribution in [0.25, 0.3) is 0 Å². The van der Waals surface area contributed by atoms with E-state index in [9.17, 15) is 4.79 Å². The summed E-state index contributed by atoms with van der Waals surface area (Å²) in [4.78, 5) is 11.8. The summed E-state index contributed by atoms with van der Waals surface area (Å²) in [6.07, 6.45) is 5.51. The highest BCUT2D eigenvalue weighted by molar-refractivity contribution is 5.68. The van der Waals surface area contributed by atoms with Gasteiger partial charge in [-0.3, -0.25) is 0 Å². The number of alkyl carbamates (subject to hydrolysis) is 1. The Labute approximate surface area is 134 Å². The van der Waals surface area contributed by atoms with Crippen LogP contribution in [0.5, 0.6) is 0 Å². The molecule has 2 aliphatic rings. The minimum Gasteiger partial charge on any atom is -0.444 e. The van der Waals surface area contributed by atoms with Crippen LogP contribution in [0.3, 0.4) is 0 Å². The third kappa shape index (κ3) is 5.43. The molecule has 128 valence electrons. The van der Waals surface area contributed by atoms with E-state index >= 15 is 0 Å². The van der Waals surface area contributed by atoms with Crippen LogP contribution in [0, 0.1) is 5.92 Å². The molecule has 1 saturated heterocycles. The van der Waals surface area contributed by atoms with Crippen LogP contribution < -0.4 is 10.6 Å². The van der Waals surface area contributed by atoms with Gasteiger partial charge in [0.1, 0.15) is 5.60 Å². The van der Waals surface area contributed by atoms with Gasteiger partial charge in [-0.25, -0.2) is 4.79 Å². The Morgan fingerprint density at radius 2 is 1.95 bits per heavy atom. The van der Waals surface area contributed by atoms with E-state index in [0.29, 0.717) is 18.1 Å². The van der Waals surface area contributed by atoms with Crippen LogP contribution >= 0.6 is 0 Å². The monoisotopic (exact) mass is 312 g/mol. The van der Waals surface area contributed by atoms with Gasteiger partial charge in [-0.2, -0.15) is 0 Å². The lowest BCUT2D eigenvalue weighted by atomic mass is 9.99. The van der Waals surface area contributed by atoms with Gasteiger partial charge in [0.05, 0.1) is 6.10 Å². The summed E-state index contributed by atoms with van der Waals surface area (Å²) >= 11 is 0. The molecular weight excluding hydrogens is 280 g/mol. The highest BCUT2D eigenvalue weighted by atomic mass is 16.6. The molecular formula is C17H32N2O3. The Morgan fingerprint density at radius 3 is 2.64 bits per heavy atom. The molecule has 1 amide bonds. The lowest BCUT2D eigenvalue weighted by Crippen LogP contribution is -2.39. The quantitative estimate of drug-likeness (QED) is 0.819. The molecule has 5 heteroatoms. The number of rotatable bonds is 5. The molecule has 0 radical (unpaired) electrons. The van der Waals surface area contributed by atoms with Crippen molar-refractivity contribution >= 4 is 6.09 Å². The molecule has 0 aromatic rings. The molecule has 2 rings (SSSR count). The van der Waals surface area contributed by atoms with E-state index in [2.05, 4.69) is 17.6 Å². The van der Waals surface area contributed by atoms with Gasteiger partial charge >= 0.3 is 6.09 Å². The average molecular weight is 312 g/mol. The van der Waals surface area contributed by atoms with Crippen molar-refractivity contribution in [1.29, 1.82) is 0 Å². The molecule has 22 heavy (non-hydrogen) atoms. The van der Waals surface area contributed by atoms with Crippen LogP contribution in [0.4, 0.5) is 4.79 Å². The van der Waals surface area contributed by atoms with Crippen LogP contribution in [0.1, 0.15) is 59.8 Å². The lowest BCUT2D eigenvalue weighted by molar-refractivity contribution is 0.0505. The molecule has 4 unspecified atom stereocenters. The first-order chi connectivity index (χ1) is 10.4. The molecule has 1 heterocycles. The average Bonchev–Trinajstić information content (AvgIpc) is 3.02. The van der Waals surface area contributed by atoms with Crippen molar-refractivity contribution in [3.8, 4) is 0 Å². The number of carbonyl (C=O) groups is 1. The molecule has 1 aliphatic heterocycles. The minimum atomic E-state index is -0.433. The summed E-state index contributed by atoms with van der Waals surface area (Å²) in [5, 5.41) is 6.65. The Balaban J connectivity index is 1.66. The van der Waals surface area contributed by atoms with E-state index in [0.717, 1.165) is 45.3 Å². The van der Waals surface area contributed by atoms with E-state index in [-0.39, 0.29) is 12.1 Å². The van der Waals surface area contributed by atoms with E-state index in [1.54, 1.807) is 0 Å². The maximum Gasteiger partial charge on any atom is 0.407 e. The number of ether oxygens (including phenoxy) is 2. The minimum absolute atomic E-state index is 0.231. The molecule has 2 N–H and O–H groups in total. The van der Waals surface area contributed by atoms with Gasteiger partial charge in [0, 0.05) is 25.2 Å². The fourth-order valence-corrected chi connectivity index (χ4v) is 3.47. The van der Waals surface area contributed by atoms with Crippen molar-refractivity contribution in [1.82, 2.24) is 10.6 Å². The van der Waals surface area contributed by atoms with E-state index in [1.807, 2.05) is 20.8 Å². The molecule has 0 spiro atoms. The van der Waals surface area contributed by atoms with Gasteiger partial charge in [-0.15, -0.1) is 0 Å². The Kier molecular flexibility index (Phi) is 6.09. The predicted octanol–water partition coefficient (Wildman–Crippen LogP) is 2.84. The smallest absolute Gasteiger partial charge is 0.407 e. The van der Waals surface area contributed by atoms with Crippen LogP contribution in [-0.4, -0.2) is 43.0 Å². The number of amides is 1. The van der Waals surface area contributed by atoms with Gasteiger partial charge in [0.2, 0.25) is 0 Å². The molecule has 0 aromatic heterocycles. The van der Waals surface area contributed by atoms with Crippen LogP contribution in [0.15, 0.2) is 0 Å². The summed E-state index contributed by atoms with van der Waals surface area (Å²) in [5.74, 6) is 0.642. The lowest BCUT2D eigenvalue weighted by Gasteiger charge is -2.22. The fraction of sp³-hybridized carbons (Fsp3) is 0.941. The molecule has 0 bridgehead atoms. The number of carbonyl (C=O) groups excluding carboxylic acids is 1. The zero-order valence-corrected chi connectivity index (χ0v) is 14.5. The van der Waals surface area contributed by atoms with Crippen LogP contribution in [0.2, 0.25) is 0 Å². The highest BCUT2D eigenvalue weighted by Gasteiger charge is 2.30. The second-order valence-corrected chi connectivity index (χ2v) is 7.63. The van der Waals surface area contributed by atoms with E-state index < -0.39 is 5.60 Å². The van der Waals surface area contributed by atoms with E-state index in [4.69, 9.17) is 9.47 Å².